The maximum atomic E-state index is 5.95. The summed E-state index contributed by atoms with van der Waals surface area (Å²) in [4.78, 5) is 0. The summed E-state index contributed by atoms with van der Waals surface area (Å²) in [6.07, 6.45) is 3.32. The van der Waals surface area contributed by atoms with Crippen molar-refractivity contribution in [1.29, 1.82) is 0 Å². The molecule has 0 rings (SSSR count). The number of allylic oxidation sites excluding steroid dienone is 4. The van der Waals surface area contributed by atoms with E-state index < -0.39 is 0 Å². The van der Waals surface area contributed by atoms with Crippen LogP contribution in [-0.4, -0.2) is 14.2 Å². The predicted molar refractivity (Wildman–Crippen MR) is 70.3 cm³/mol. The zero-order valence-corrected chi connectivity index (χ0v) is 12.1. The van der Waals surface area contributed by atoms with E-state index in [0.29, 0.717) is 0 Å². The second kappa shape index (κ2) is 8.97. The van der Waals surface area contributed by atoms with Gasteiger partial charge in [0.15, 0.2) is 0 Å². The van der Waals surface area contributed by atoms with Crippen molar-refractivity contribution < 1.29 is 14.2 Å². The molecule has 0 aromatic rings. The average molecular weight is 242 g/mol. The maximum absolute atomic E-state index is 5.95. The van der Waals surface area contributed by atoms with Gasteiger partial charge in [-0.05, 0) is 0 Å². The zero-order chi connectivity index (χ0) is 13.3. The first-order valence-corrected chi connectivity index (χ1v) is 6.38. The Labute approximate surface area is 105 Å². The van der Waals surface area contributed by atoms with Crippen LogP contribution < -0.4 is 0 Å². The third kappa shape index (κ3) is 4.72. The van der Waals surface area contributed by atoms with Crippen LogP contribution in [0.15, 0.2) is 23.0 Å². The zero-order valence-electron chi connectivity index (χ0n) is 12.1. The van der Waals surface area contributed by atoms with Crippen molar-refractivity contribution in [2.75, 3.05) is 14.2 Å². The molecule has 100 valence electrons. The molecule has 0 aromatic carbocycles. The first kappa shape index (κ1) is 15.9. The summed E-state index contributed by atoms with van der Waals surface area (Å²) in [5.74, 6) is 3.61. The Morgan fingerprint density at radius 1 is 0.588 bits per heavy atom. The molecule has 0 amide bonds. The summed E-state index contributed by atoms with van der Waals surface area (Å²) in [5, 5.41) is 0. The van der Waals surface area contributed by atoms with Gasteiger partial charge in [0, 0.05) is 25.7 Å². The average Bonchev–Trinajstić information content (AvgIpc) is 2.37. The lowest BCUT2D eigenvalue weighted by Gasteiger charge is -2.17. The first-order valence-electron chi connectivity index (χ1n) is 6.38. The molecular weight excluding hydrogens is 216 g/mol. The predicted octanol–water partition coefficient (Wildman–Crippen LogP) is 4.36. The highest BCUT2D eigenvalue weighted by atomic mass is 16.5. The van der Waals surface area contributed by atoms with Gasteiger partial charge in [0.2, 0.25) is 0 Å². The highest BCUT2D eigenvalue weighted by Crippen LogP contribution is 2.23. The van der Waals surface area contributed by atoms with Gasteiger partial charge in [-0.15, -0.1) is 0 Å². The molecule has 0 radical (unpaired) electrons. The van der Waals surface area contributed by atoms with Crippen molar-refractivity contribution in [3.8, 4) is 0 Å². The summed E-state index contributed by atoms with van der Waals surface area (Å²) in [5.41, 5.74) is 0. The number of rotatable bonds is 8. The molecule has 0 aliphatic carbocycles. The molecule has 0 spiro atoms. The van der Waals surface area contributed by atoms with Gasteiger partial charge >= 0.3 is 0 Å². The lowest BCUT2D eigenvalue weighted by molar-refractivity contribution is 0.183. The van der Waals surface area contributed by atoms with Gasteiger partial charge in [-0.1, -0.05) is 27.7 Å². The maximum Gasteiger partial charge on any atom is 0.141 e. The molecule has 0 heterocycles. The van der Waals surface area contributed by atoms with Crippen LogP contribution in [0.25, 0.3) is 0 Å². The van der Waals surface area contributed by atoms with Gasteiger partial charge in [0.1, 0.15) is 23.0 Å². The van der Waals surface area contributed by atoms with Gasteiger partial charge in [-0.2, -0.15) is 0 Å². The van der Waals surface area contributed by atoms with Crippen LogP contribution in [0, 0.1) is 0 Å². The van der Waals surface area contributed by atoms with Crippen molar-refractivity contribution in [3.05, 3.63) is 23.0 Å². The van der Waals surface area contributed by atoms with Gasteiger partial charge in [-0.25, -0.2) is 0 Å². The Balaban J connectivity index is 5.10. The number of hydrogen-bond acceptors (Lipinski definition) is 3. The molecule has 0 fully saturated rings. The minimum absolute atomic E-state index is 0.821. The minimum Gasteiger partial charge on any atom is -0.498 e. The fraction of sp³-hybridized carbons (Fsp3) is 0.714. The summed E-state index contributed by atoms with van der Waals surface area (Å²) < 4.78 is 16.6. The molecule has 3 heteroatoms. The monoisotopic (exact) mass is 242 g/mol. The second-order valence-corrected chi connectivity index (χ2v) is 3.62. The normalized spacial score (nSPS) is 13.8. The third-order valence-electron chi connectivity index (χ3n) is 2.65. The van der Waals surface area contributed by atoms with Gasteiger partial charge in [-0.3, -0.25) is 0 Å². The van der Waals surface area contributed by atoms with Crippen LogP contribution in [0.3, 0.4) is 0 Å². The molecule has 0 unspecified atom stereocenters. The van der Waals surface area contributed by atoms with Crippen molar-refractivity contribution in [3.63, 3.8) is 0 Å². The fourth-order valence-corrected chi connectivity index (χ4v) is 1.71. The third-order valence-corrected chi connectivity index (χ3v) is 2.65. The van der Waals surface area contributed by atoms with Gasteiger partial charge in [0.25, 0.3) is 0 Å². The highest BCUT2D eigenvalue weighted by Gasteiger charge is 2.11. The van der Waals surface area contributed by atoms with Crippen molar-refractivity contribution in [1.82, 2.24) is 0 Å². The topological polar surface area (TPSA) is 27.7 Å². The standard InChI is InChI=1S/C14H26O3/c1-7-11(15-5)13(9-3)17-14(10-4)12(8-2)16-6/h7-10H2,1-6H3. The first-order chi connectivity index (χ1) is 8.18. The quantitative estimate of drug-likeness (QED) is 0.592. The highest BCUT2D eigenvalue weighted by molar-refractivity contribution is 5.09. The van der Waals surface area contributed by atoms with Crippen LogP contribution in [0.4, 0.5) is 0 Å². The molecule has 0 N–H and O–H groups in total. The fourth-order valence-electron chi connectivity index (χ4n) is 1.71. The lowest BCUT2D eigenvalue weighted by atomic mass is 10.2. The number of hydrogen-bond donors (Lipinski definition) is 0. The van der Waals surface area contributed by atoms with E-state index in [9.17, 15) is 0 Å². The molecule has 0 bridgehead atoms. The van der Waals surface area contributed by atoms with E-state index in [1.54, 1.807) is 14.2 Å². The molecule has 3 nitrogen and oxygen atoms in total. The summed E-state index contributed by atoms with van der Waals surface area (Å²) in [6.45, 7) is 8.25. The molecule has 0 aliphatic rings. The van der Waals surface area contributed by atoms with Crippen LogP contribution in [0.1, 0.15) is 53.4 Å². The largest absolute Gasteiger partial charge is 0.498 e. The SMILES string of the molecule is CCC(OC)=C(CC)OC(CC)=C(CC)OC. The number of ether oxygens (including phenoxy) is 3. The number of methoxy groups -OCH3 is 2. The van der Waals surface area contributed by atoms with Crippen LogP contribution in [0.2, 0.25) is 0 Å². The summed E-state index contributed by atoms with van der Waals surface area (Å²) in [6, 6.07) is 0. The Bertz CT molecular complexity index is 237. The van der Waals surface area contributed by atoms with E-state index in [1.807, 2.05) is 0 Å². The van der Waals surface area contributed by atoms with E-state index in [4.69, 9.17) is 14.2 Å². The molecule has 0 aromatic heterocycles. The van der Waals surface area contributed by atoms with Crippen molar-refractivity contribution in [2.24, 2.45) is 0 Å². The van der Waals surface area contributed by atoms with Gasteiger partial charge < -0.3 is 14.2 Å². The molecule has 0 atom stereocenters. The van der Waals surface area contributed by atoms with E-state index in [2.05, 4.69) is 27.7 Å². The van der Waals surface area contributed by atoms with Crippen LogP contribution in [-0.2, 0) is 14.2 Å². The minimum atomic E-state index is 0.821. The van der Waals surface area contributed by atoms with E-state index in [1.165, 1.54) is 0 Å². The Hall–Kier alpha value is -1.12. The molecular formula is C14H26O3. The van der Waals surface area contributed by atoms with Gasteiger partial charge in [0.05, 0.1) is 14.2 Å². The second-order valence-electron chi connectivity index (χ2n) is 3.62. The molecule has 0 saturated carbocycles. The Kier molecular flexibility index (Phi) is 8.38. The lowest BCUT2D eigenvalue weighted by Crippen LogP contribution is -2.02. The Morgan fingerprint density at radius 2 is 0.882 bits per heavy atom. The molecule has 0 saturated heterocycles. The summed E-state index contributed by atoms with van der Waals surface area (Å²) in [7, 11) is 3.37. The summed E-state index contributed by atoms with van der Waals surface area (Å²) >= 11 is 0. The van der Waals surface area contributed by atoms with E-state index in [-0.39, 0.29) is 0 Å². The van der Waals surface area contributed by atoms with Crippen LogP contribution in [0.5, 0.6) is 0 Å². The molecule has 17 heavy (non-hydrogen) atoms. The molecule has 0 aliphatic heterocycles. The Morgan fingerprint density at radius 3 is 1.06 bits per heavy atom. The van der Waals surface area contributed by atoms with E-state index >= 15 is 0 Å². The van der Waals surface area contributed by atoms with Crippen LogP contribution >= 0.6 is 0 Å². The smallest absolute Gasteiger partial charge is 0.141 e. The van der Waals surface area contributed by atoms with Crippen molar-refractivity contribution in [2.45, 2.75) is 53.4 Å². The van der Waals surface area contributed by atoms with Crippen molar-refractivity contribution >= 4 is 0 Å². The van der Waals surface area contributed by atoms with E-state index in [0.717, 1.165) is 48.7 Å².